The van der Waals surface area contributed by atoms with E-state index in [1.54, 1.807) is 18.3 Å². The molecule has 1 aromatic carbocycles. The van der Waals surface area contributed by atoms with Crippen molar-refractivity contribution in [3.05, 3.63) is 46.4 Å². The van der Waals surface area contributed by atoms with Crippen LogP contribution in [0.5, 0.6) is 0 Å². The summed E-state index contributed by atoms with van der Waals surface area (Å²) in [5, 5.41) is 19.8. The maximum Gasteiger partial charge on any atom is 0.407 e. The Morgan fingerprint density at radius 3 is 2.77 bits per heavy atom. The number of aromatic amines is 1. The number of carboxylic acid groups (broad SMARTS) is 1. The molecule has 1 atom stereocenters. The van der Waals surface area contributed by atoms with Gasteiger partial charge in [0.2, 0.25) is 0 Å². The number of amides is 1. The first-order chi connectivity index (χ1) is 10.6. The molecule has 8 heteroatoms. The maximum absolute atomic E-state index is 11.2. The molecule has 1 saturated heterocycles. The second kappa shape index (κ2) is 5.47. The number of benzene rings is 1. The van der Waals surface area contributed by atoms with Gasteiger partial charge in [0.05, 0.1) is 22.9 Å². The number of hydrogen-bond donors (Lipinski definition) is 2. The minimum absolute atomic E-state index is 0.0244. The molecule has 1 aliphatic heterocycles. The van der Waals surface area contributed by atoms with Crippen LogP contribution in [-0.4, -0.2) is 37.5 Å². The van der Waals surface area contributed by atoms with E-state index in [2.05, 4.69) is 9.97 Å². The first-order valence-electron chi connectivity index (χ1n) is 6.85. The van der Waals surface area contributed by atoms with Crippen LogP contribution in [0.25, 0.3) is 11.3 Å². The summed E-state index contributed by atoms with van der Waals surface area (Å²) in [4.78, 5) is 30.1. The van der Waals surface area contributed by atoms with Gasteiger partial charge in [-0.15, -0.1) is 0 Å². The van der Waals surface area contributed by atoms with Gasteiger partial charge in [-0.2, -0.15) is 0 Å². The number of likely N-dealkylation sites (tertiary alicyclic amines) is 1. The fraction of sp³-hybridized carbons (Fsp3) is 0.286. The van der Waals surface area contributed by atoms with E-state index in [1.807, 2.05) is 0 Å². The van der Waals surface area contributed by atoms with Crippen LogP contribution in [0, 0.1) is 10.1 Å². The standard InChI is InChI=1S/C14H14N4O4/c19-14(20)17-7-1-2-12(17)13-15-8-11(16-13)9-3-5-10(6-4-9)18(21)22/h3-6,8,12H,1-2,7H2,(H,15,16)(H,19,20)/t12-/m0/s1. The second-order valence-corrected chi connectivity index (χ2v) is 5.12. The minimum atomic E-state index is -0.948. The van der Waals surface area contributed by atoms with E-state index in [4.69, 9.17) is 0 Å². The zero-order valence-corrected chi connectivity index (χ0v) is 11.6. The number of carbonyl (C=O) groups is 1. The molecule has 0 unspecified atom stereocenters. The molecule has 1 fully saturated rings. The van der Waals surface area contributed by atoms with Gasteiger partial charge in [0.25, 0.3) is 5.69 Å². The lowest BCUT2D eigenvalue weighted by Gasteiger charge is -2.19. The van der Waals surface area contributed by atoms with Crippen LogP contribution >= 0.6 is 0 Å². The summed E-state index contributed by atoms with van der Waals surface area (Å²) >= 11 is 0. The van der Waals surface area contributed by atoms with Crippen molar-refractivity contribution in [1.82, 2.24) is 14.9 Å². The fourth-order valence-corrected chi connectivity index (χ4v) is 2.70. The lowest BCUT2D eigenvalue weighted by atomic mass is 10.1. The van der Waals surface area contributed by atoms with Crippen molar-refractivity contribution in [3.63, 3.8) is 0 Å². The molecule has 0 aliphatic carbocycles. The molecule has 2 N–H and O–H groups in total. The van der Waals surface area contributed by atoms with Gasteiger partial charge in [-0.3, -0.25) is 15.0 Å². The van der Waals surface area contributed by atoms with Crippen LogP contribution in [0.3, 0.4) is 0 Å². The molecule has 0 spiro atoms. The molecule has 8 nitrogen and oxygen atoms in total. The lowest BCUT2D eigenvalue weighted by Crippen LogP contribution is -2.29. The Balaban J connectivity index is 1.84. The van der Waals surface area contributed by atoms with E-state index in [9.17, 15) is 20.0 Å². The summed E-state index contributed by atoms with van der Waals surface area (Å²) in [5.74, 6) is 0.605. The lowest BCUT2D eigenvalue weighted by molar-refractivity contribution is -0.384. The Morgan fingerprint density at radius 1 is 1.41 bits per heavy atom. The maximum atomic E-state index is 11.2. The molecular formula is C14H14N4O4. The van der Waals surface area contributed by atoms with Crippen LogP contribution in [-0.2, 0) is 0 Å². The van der Waals surface area contributed by atoms with Gasteiger partial charge in [0, 0.05) is 24.2 Å². The van der Waals surface area contributed by atoms with Crippen LogP contribution in [0.2, 0.25) is 0 Å². The Bertz CT molecular complexity index is 710. The van der Waals surface area contributed by atoms with E-state index in [-0.39, 0.29) is 11.7 Å². The van der Waals surface area contributed by atoms with E-state index >= 15 is 0 Å². The third kappa shape index (κ3) is 2.50. The number of nitro groups is 1. The Morgan fingerprint density at radius 2 is 2.14 bits per heavy atom. The van der Waals surface area contributed by atoms with Crippen LogP contribution in [0.1, 0.15) is 24.7 Å². The van der Waals surface area contributed by atoms with Crippen LogP contribution in [0.15, 0.2) is 30.5 Å². The van der Waals surface area contributed by atoms with Gasteiger partial charge in [0.1, 0.15) is 5.82 Å². The second-order valence-electron chi connectivity index (χ2n) is 5.12. The van der Waals surface area contributed by atoms with Crippen LogP contribution in [0.4, 0.5) is 10.5 Å². The van der Waals surface area contributed by atoms with Gasteiger partial charge in [-0.1, -0.05) is 0 Å². The summed E-state index contributed by atoms with van der Waals surface area (Å²) < 4.78 is 0. The predicted octanol–water partition coefficient (Wildman–Crippen LogP) is 2.80. The average molecular weight is 302 g/mol. The average Bonchev–Trinajstić information content (AvgIpc) is 3.16. The fourth-order valence-electron chi connectivity index (χ4n) is 2.70. The zero-order chi connectivity index (χ0) is 15.7. The summed E-state index contributed by atoms with van der Waals surface area (Å²) in [6, 6.07) is 5.87. The van der Waals surface area contributed by atoms with Gasteiger partial charge >= 0.3 is 6.09 Å². The molecule has 1 aromatic heterocycles. The van der Waals surface area contributed by atoms with E-state index < -0.39 is 11.0 Å². The molecular weight excluding hydrogens is 288 g/mol. The summed E-state index contributed by atoms with van der Waals surface area (Å²) in [6.07, 6.45) is 2.22. The number of aromatic nitrogens is 2. The van der Waals surface area contributed by atoms with Crippen molar-refractivity contribution >= 4 is 11.8 Å². The van der Waals surface area contributed by atoms with Gasteiger partial charge in [-0.25, -0.2) is 9.78 Å². The Kier molecular flexibility index (Phi) is 3.50. The number of imidazole rings is 1. The number of non-ortho nitro benzene ring substituents is 1. The van der Waals surface area contributed by atoms with Crippen LogP contribution < -0.4 is 0 Å². The molecule has 0 saturated carbocycles. The van der Waals surface area contributed by atoms with E-state index in [0.29, 0.717) is 18.1 Å². The normalized spacial score (nSPS) is 17.6. The van der Waals surface area contributed by atoms with Gasteiger partial charge < -0.3 is 10.1 Å². The zero-order valence-electron chi connectivity index (χ0n) is 11.6. The van der Waals surface area contributed by atoms with Crippen molar-refractivity contribution in [3.8, 4) is 11.3 Å². The van der Waals surface area contributed by atoms with Crippen molar-refractivity contribution < 1.29 is 14.8 Å². The third-order valence-electron chi connectivity index (χ3n) is 3.80. The summed E-state index contributed by atoms with van der Waals surface area (Å²) in [7, 11) is 0. The Hall–Kier alpha value is -2.90. The molecule has 2 aromatic rings. The summed E-state index contributed by atoms with van der Waals surface area (Å²) in [6.45, 7) is 0.508. The minimum Gasteiger partial charge on any atom is -0.465 e. The number of nitro benzene ring substituents is 1. The monoisotopic (exact) mass is 302 g/mol. The highest BCUT2D eigenvalue weighted by Gasteiger charge is 2.31. The number of nitrogens with one attached hydrogen (secondary N) is 1. The highest BCUT2D eigenvalue weighted by Crippen LogP contribution is 2.31. The van der Waals surface area contributed by atoms with Crippen molar-refractivity contribution in [2.45, 2.75) is 18.9 Å². The highest BCUT2D eigenvalue weighted by molar-refractivity contribution is 5.66. The van der Waals surface area contributed by atoms with E-state index in [1.165, 1.54) is 17.0 Å². The SMILES string of the molecule is O=C(O)N1CCC[C@H]1c1ncc(-c2ccc([N+](=O)[O-])cc2)[nH]1. The molecule has 1 amide bonds. The number of nitrogens with zero attached hydrogens (tertiary/aromatic N) is 3. The molecule has 0 radical (unpaired) electrons. The Labute approximate surface area is 125 Å². The van der Waals surface area contributed by atoms with Crippen molar-refractivity contribution in [2.24, 2.45) is 0 Å². The van der Waals surface area contributed by atoms with Gasteiger partial charge in [-0.05, 0) is 25.0 Å². The molecule has 3 rings (SSSR count). The highest BCUT2D eigenvalue weighted by atomic mass is 16.6. The van der Waals surface area contributed by atoms with E-state index in [0.717, 1.165) is 18.4 Å². The molecule has 22 heavy (non-hydrogen) atoms. The first kappa shape index (κ1) is 14.1. The molecule has 2 heterocycles. The smallest absolute Gasteiger partial charge is 0.407 e. The van der Waals surface area contributed by atoms with Crippen molar-refractivity contribution in [2.75, 3.05) is 6.54 Å². The molecule has 114 valence electrons. The third-order valence-corrected chi connectivity index (χ3v) is 3.80. The number of rotatable bonds is 3. The molecule has 0 bridgehead atoms. The molecule has 1 aliphatic rings. The number of H-pyrrole nitrogens is 1. The number of hydrogen-bond acceptors (Lipinski definition) is 4. The topological polar surface area (TPSA) is 112 Å². The quantitative estimate of drug-likeness (QED) is 0.668. The van der Waals surface area contributed by atoms with Gasteiger partial charge in [0.15, 0.2) is 0 Å². The predicted molar refractivity (Wildman–Crippen MR) is 77.4 cm³/mol. The first-order valence-corrected chi connectivity index (χ1v) is 6.85. The largest absolute Gasteiger partial charge is 0.465 e. The summed E-state index contributed by atoms with van der Waals surface area (Å²) in [5.41, 5.74) is 1.50. The van der Waals surface area contributed by atoms with Crippen molar-refractivity contribution in [1.29, 1.82) is 0 Å².